The number of rotatable bonds is 5. The minimum absolute atomic E-state index is 0. The zero-order valence-electron chi connectivity index (χ0n) is 11.4. The van der Waals surface area contributed by atoms with Crippen molar-refractivity contribution >= 4 is 45.6 Å². The standard InChI is InChI=1S/C13H18Cl2N2O2S.ClH/c14-11-4-1-5-12(13(11)15)20(18,19)17-8-6-10-3-2-7-16-9-10;/h1,4-5,10,16-17H,2-3,6-9H2;1H. The molecule has 1 fully saturated rings. The molecule has 0 bridgehead atoms. The van der Waals surface area contributed by atoms with Crippen LogP contribution in [0.4, 0.5) is 0 Å². The molecule has 120 valence electrons. The van der Waals surface area contributed by atoms with Crippen LogP contribution in [-0.4, -0.2) is 28.1 Å². The average molecular weight is 374 g/mol. The summed E-state index contributed by atoms with van der Waals surface area (Å²) in [6.07, 6.45) is 3.12. The van der Waals surface area contributed by atoms with Crippen molar-refractivity contribution in [3.8, 4) is 0 Å². The Bertz CT molecular complexity index is 561. The predicted octanol–water partition coefficient (Wildman–Crippen LogP) is 3.08. The molecule has 0 spiro atoms. The van der Waals surface area contributed by atoms with Crippen LogP contribution in [0.2, 0.25) is 10.0 Å². The fourth-order valence-corrected chi connectivity index (χ4v) is 4.14. The second kappa shape index (κ2) is 8.56. The molecule has 2 rings (SSSR count). The topological polar surface area (TPSA) is 58.2 Å². The van der Waals surface area contributed by atoms with E-state index in [2.05, 4.69) is 10.0 Å². The monoisotopic (exact) mass is 372 g/mol. The Kier molecular flexibility index (Phi) is 7.74. The minimum atomic E-state index is -3.60. The number of benzene rings is 1. The van der Waals surface area contributed by atoms with E-state index in [0.717, 1.165) is 32.4 Å². The maximum Gasteiger partial charge on any atom is 0.242 e. The van der Waals surface area contributed by atoms with Gasteiger partial charge in [0.1, 0.15) is 4.90 Å². The molecule has 0 saturated carbocycles. The summed E-state index contributed by atoms with van der Waals surface area (Å²) in [5, 5.41) is 3.63. The first kappa shape index (κ1) is 19.0. The predicted molar refractivity (Wildman–Crippen MR) is 89.1 cm³/mol. The summed E-state index contributed by atoms with van der Waals surface area (Å²) in [5.41, 5.74) is 0. The average Bonchev–Trinajstić information content (AvgIpc) is 2.42. The van der Waals surface area contributed by atoms with Gasteiger partial charge in [0.15, 0.2) is 0 Å². The molecule has 1 heterocycles. The van der Waals surface area contributed by atoms with Crippen molar-refractivity contribution < 1.29 is 8.42 Å². The molecule has 0 aromatic heterocycles. The Morgan fingerprint density at radius 1 is 1.33 bits per heavy atom. The molecule has 0 amide bonds. The van der Waals surface area contributed by atoms with Crippen LogP contribution in [0.15, 0.2) is 23.1 Å². The summed E-state index contributed by atoms with van der Waals surface area (Å²) in [5.74, 6) is 0.529. The Balaban J connectivity index is 0.00000220. The van der Waals surface area contributed by atoms with Crippen LogP contribution in [0, 0.1) is 5.92 Å². The summed E-state index contributed by atoms with van der Waals surface area (Å²) < 4.78 is 26.9. The molecule has 0 radical (unpaired) electrons. The third-order valence-corrected chi connectivity index (χ3v) is 5.88. The van der Waals surface area contributed by atoms with E-state index in [9.17, 15) is 8.42 Å². The van der Waals surface area contributed by atoms with Crippen molar-refractivity contribution in [1.82, 2.24) is 10.0 Å². The van der Waals surface area contributed by atoms with E-state index < -0.39 is 10.0 Å². The number of halogens is 3. The number of nitrogens with one attached hydrogen (secondary N) is 2. The second-order valence-corrected chi connectivity index (χ2v) is 7.47. The molecule has 1 aromatic carbocycles. The molecule has 0 aliphatic carbocycles. The van der Waals surface area contributed by atoms with Crippen LogP contribution in [0.1, 0.15) is 19.3 Å². The zero-order chi connectivity index (χ0) is 14.6. The third-order valence-electron chi connectivity index (χ3n) is 3.45. The fraction of sp³-hybridized carbons (Fsp3) is 0.538. The summed E-state index contributed by atoms with van der Waals surface area (Å²) in [7, 11) is -3.60. The zero-order valence-corrected chi connectivity index (χ0v) is 14.6. The van der Waals surface area contributed by atoms with Gasteiger partial charge in [0.05, 0.1) is 10.0 Å². The maximum atomic E-state index is 12.2. The van der Waals surface area contributed by atoms with E-state index in [1.807, 2.05) is 0 Å². The number of hydrogen-bond acceptors (Lipinski definition) is 3. The van der Waals surface area contributed by atoms with E-state index in [1.165, 1.54) is 6.07 Å². The Hall–Kier alpha value is -0.0400. The Labute approximate surface area is 142 Å². The first-order chi connectivity index (χ1) is 9.50. The van der Waals surface area contributed by atoms with E-state index in [0.29, 0.717) is 12.5 Å². The normalized spacial score (nSPS) is 19.0. The van der Waals surface area contributed by atoms with Gasteiger partial charge in [-0.25, -0.2) is 13.1 Å². The fourth-order valence-electron chi connectivity index (χ4n) is 2.34. The van der Waals surface area contributed by atoms with Crippen molar-refractivity contribution in [3.05, 3.63) is 28.2 Å². The molecule has 21 heavy (non-hydrogen) atoms. The quantitative estimate of drug-likeness (QED) is 0.834. The molecule has 1 aromatic rings. The molecule has 1 aliphatic heterocycles. The molecule has 1 atom stereocenters. The van der Waals surface area contributed by atoms with Crippen LogP contribution < -0.4 is 10.0 Å². The molecule has 2 N–H and O–H groups in total. The van der Waals surface area contributed by atoms with Gasteiger partial charge in [0.25, 0.3) is 0 Å². The number of hydrogen-bond donors (Lipinski definition) is 2. The second-order valence-electron chi connectivity index (χ2n) is 4.95. The van der Waals surface area contributed by atoms with Crippen molar-refractivity contribution in [2.45, 2.75) is 24.2 Å². The van der Waals surface area contributed by atoms with Gasteiger partial charge in [0.2, 0.25) is 10.0 Å². The molecule has 4 nitrogen and oxygen atoms in total. The van der Waals surface area contributed by atoms with Crippen molar-refractivity contribution in [2.75, 3.05) is 19.6 Å². The van der Waals surface area contributed by atoms with Gasteiger partial charge in [-0.2, -0.15) is 0 Å². The van der Waals surface area contributed by atoms with Crippen molar-refractivity contribution in [1.29, 1.82) is 0 Å². The van der Waals surface area contributed by atoms with Gasteiger partial charge in [-0.05, 0) is 50.4 Å². The summed E-state index contributed by atoms with van der Waals surface area (Å²) in [6.45, 7) is 2.43. The number of sulfonamides is 1. The lowest BCUT2D eigenvalue weighted by Gasteiger charge is -2.22. The molecular formula is C13H19Cl3N2O2S. The molecular weight excluding hydrogens is 355 g/mol. The van der Waals surface area contributed by atoms with Gasteiger partial charge in [-0.15, -0.1) is 12.4 Å². The summed E-state index contributed by atoms with van der Waals surface area (Å²) in [4.78, 5) is 0.0356. The highest BCUT2D eigenvalue weighted by molar-refractivity contribution is 7.89. The SMILES string of the molecule is Cl.O=S(=O)(NCCC1CCCNC1)c1cccc(Cl)c1Cl. The molecule has 8 heteroatoms. The lowest BCUT2D eigenvalue weighted by atomic mass is 9.96. The van der Waals surface area contributed by atoms with Gasteiger partial charge < -0.3 is 5.32 Å². The first-order valence-corrected chi connectivity index (χ1v) is 8.89. The molecule has 1 saturated heterocycles. The van der Waals surface area contributed by atoms with Crippen LogP contribution >= 0.6 is 35.6 Å². The van der Waals surface area contributed by atoms with E-state index in [1.54, 1.807) is 12.1 Å². The third kappa shape index (κ3) is 5.27. The lowest BCUT2D eigenvalue weighted by Crippen LogP contribution is -2.33. The first-order valence-electron chi connectivity index (χ1n) is 6.65. The van der Waals surface area contributed by atoms with E-state index in [-0.39, 0.29) is 27.3 Å². The van der Waals surface area contributed by atoms with Crippen molar-refractivity contribution in [2.24, 2.45) is 5.92 Å². The van der Waals surface area contributed by atoms with Crippen LogP contribution in [-0.2, 0) is 10.0 Å². The van der Waals surface area contributed by atoms with Crippen LogP contribution in [0.3, 0.4) is 0 Å². The maximum absolute atomic E-state index is 12.2. The smallest absolute Gasteiger partial charge is 0.242 e. The lowest BCUT2D eigenvalue weighted by molar-refractivity contribution is 0.358. The van der Waals surface area contributed by atoms with Crippen molar-refractivity contribution in [3.63, 3.8) is 0 Å². The largest absolute Gasteiger partial charge is 0.316 e. The number of piperidine rings is 1. The van der Waals surface area contributed by atoms with Gasteiger partial charge in [-0.3, -0.25) is 0 Å². The molecule has 1 unspecified atom stereocenters. The summed E-state index contributed by atoms with van der Waals surface area (Å²) >= 11 is 11.8. The van der Waals surface area contributed by atoms with E-state index >= 15 is 0 Å². The molecule has 1 aliphatic rings. The Morgan fingerprint density at radius 2 is 2.10 bits per heavy atom. The van der Waals surface area contributed by atoms with Gasteiger partial charge >= 0.3 is 0 Å². The van der Waals surface area contributed by atoms with Gasteiger partial charge in [-0.1, -0.05) is 29.3 Å². The van der Waals surface area contributed by atoms with Crippen LogP contribution in [0.25, 0.3) is 0 Å². The minimum Gasteiger partial charge on any atom is -0.316 e. The van der Waals surface area contributed by atoms with E-state index in [4.69, 9.17) is 23.2 Å². The highest BCUT2D eigenvalue weighted by atomic mass is 35.5. The highest BCUT2D eigenvalue weighted by Gasteiger charge is 2.20. The van der Waals surface area contributed by atoms with Gasteiger partial charge in [0, 0.05) is 6.54 Å². The highest BCUT2D eigenvalue weighted by Crippen LogP contribution is 2.28. The van der Waals surface area contributed by atoms with Crippen LogP contribution in [0.5, 0.6) is 0 Å². The Morgan fingerprint density at radius 3 is 2.76 bits per heavy atom. The summed E-state index contributed by atoms with van der Waals surface area (Å²) in [6, 6.07) is 4.60.